The van der Waals surface area contributed by atoms with Gasteiger partial charge in [0.1, 0.15) is 5.75 Å². The molecule has 0 aliphatic heterocycles. The number of benzene rings is 2. The minimum Gasteiger partial charge on any atom is -0.455 e. The van der Waals surface area contributed by atoms with E-state index in [4.69, 9.17) is 4.74 Å². The van der Waals surface area contributed by atoms with E-state index < -0.39 is 0 Å². The third-order valence-corrected chi connectivity index (χ3v) is 3.65. The van der Waals surface area contributed by atoms with Gasteiger partial charge in [-0.1, -0.05) is 38.1 Å². The van der Waals surface area contributed by atoms with Gasteiger partial charge in [-0.3, -0.25) is 0 Å². The van der Waals surface area contributed by atoms with Gasteiger partial charge in [0.25, 0.3) is 0 Å². The van der Waals surface area contributed by atoms with E-state index in [1.807, 2.05) is 43.4 Å². The predicted octanol–water partition coefficient (Wildman–Crippen LogP) is 5.41. The third kappa shape index (κ3) is 3.10. The van der Waals surface area contributed by atoms with Crippen LogP contribution in [0.3, 0.4) is 0 Å². The van der Waals surface area contributed by atoms with Crippen molar-refractivity contribution < 1.29 is 4.74 Å². The number of hydrogen-bond acceptors (Lipinski definition) is 2. The molecule has 0 heterocycles. The second kappa shape index (κ2) is 6.11. The fourth-order valence-corrected chi connectivity index (χ4v) is 2.55. The molecule has 3 heteroatoms. The summed E-state index contributed by atoms with van der Waals surface area (Å²) in [5.74, 6) is 2.17. The lowest BCUT2D eigenvalue weighted by molar-refractivity contribution is 0.475. The summed E-state index contributed by atoms with van der Waals surface area (Å²) in [6, 6.07) is 14.1. The SMILES string of the molecule is CNc1c(Br)cccc1Oc1ccccc1C(C)C. The van der Waals surface area contributed by atoms with Crippen LogP contribution >= 0.6 is 15.9 Å². The lowest BCUT2D eigenvalue weighted by Crippen LogP contribution is -1.97. The molecule has 0 saturated carbocycles. The Kier molecular flexibility index (Phi) is 4.48. The molecule has 2 nitrogen and oxygen atoms in total. The van der Waals surface area contributed by atoms with Crippen molar-refractivity contribution in [1.82, 2.24) is 0 Å². The molecule has 0 fully saturated rings. The summed E-state index contributed by atoms with van der Waals surface area (Å²) >= 11 is 3.53. The van der Waals surface area contributed by atoms with Crippen molar-refractivity contribution in [2.45, 2.75) is 19.8 Å². The lowest BCUT2D eigenvalue weighted by Gasteiger charge is -2.16. The summed E-state index contributed by atoms with van der Waals surface area (Å²) in [5, 5.41) is 3.16. The molecule has 0 aromatic heterocycles. The highest BCUT2D eigenvalue weighted by atomic mass is 79.9. The van der Waals surface area contributed by atoms with Crippen LogP contribution in [0.1, 0.15) is 25.3 Å². The fourth-order valence-electron chi connectivity index (χ4n) is 2.00. The smallest absolute Gasteiger partial charge is 0.151 e. The van der Waals surface area contributed by atoms with Crippen LogP contribution in [-0.2, 0) is 0 Å². The standard InChI is InChI=1S/C16H18BrNO/c1-11(2)12-7-4-5-9-14(12)19-15-10-6-8-13(17)16(15)18-3/h4-11,18H,1-3H3. The summed E-state index contributed by atoms with van der Waals surface area (Å²) in [6.07, 6.45) is 0. The minimum absolute atomic E-state index is 0.432. The van der Waals surface area contributed by atoms with Crippen molar-refractivity contribution in [1.29, 1.82) is 0 Å². The van der Waals surface area contributed by atoms with E-state index in [0.717, 1.165) is 21.7 Å². The molecular formula is C16H18BrNO. The number of halogens is 1. The van der Waals surface area contributed by atoms with Crippen molar-refractivity contribution in [3.8, 4) is 11.5 Å². The molecule has 0 amide bonds. The quantitative estimate of drug-likeness (QED) is 0.813. The first-order valence-corrected chi connectivity index (χ1v) is 7.15. The van der Waals surface area contributed by atoms with E-state index in [9.17, 15) is 0 Å². The van der Waals surface area contributed by atoms with Gasteiger partial charge in [0, 0.05) is 11.5 Å². The van der Waals surface area contributed by atoms with Crippen LogP contribution in [0.5, 0.6) is 11.5 Å². The molecule has 0 spiro atoms. The Balaban J connectivity index is 2.39. The van der Waals surface area contributed by atoms with E-state index >= 15 is 0 Å². The maximum Gasteiger partial charge on any atom is 0.151 e. The van der Waals surface area contributed by atoms with Crippen LogP contribution in [-0.4, -0.2) is 7.05 Å². The predicted molar refractivity (Wildman–Crippen MR) is 84.3 cm³/mol. The molecular weight excluding hydrogens is 302 g/mol. The molecule has 100 valence electrons. The molecule has 2 aromatic carbocycles. The summed E-state index contributed by atoms with van der Waals surface area (Å²) in [4.78, 5) is 0. The molecule has 2 rings (SSSR count). The number of anilines is 1. The first kappa shape index (κ1) is 13.9. The van der Waals surface area contributed by atoms with Gasteiger partial charge in [-0.25, -0.2) is 0 Å². The lowest BCUT2D eigenvalue weighted by atomic mass is 10.0. The molecule has 1 N–H and O–H groups in total. The molecule has 0 radical (unpaired) electrons. The molecule has 0 aliphatic carbocycles. The number of nitrogens with one attached hydrogen (secondary N) is 1. The zero-order chi connectivity index (χ0) is 13.8. The second-order valence-corrected chi connectivity index (χ2v) is 5.51. The van der Waals surface area contributed by atoms with Gasteiger partial charge >= 0.3 is 0 Å². The Bertz CT molecular complexity index is 566. The Morgan fingerprint density at radius 1 is 1.00 bits per heavy atom. The molecule has 0 atom stereocenters. The largest absolute Gasteiger partial charge is 0.455 e. The van der Waals surface area contributed by atoms with Crippen molar-refractivity contribution in [2.24, 2.45) is 0 Å². The average molecular weight is 320 g/mol. The molecule has 0 saturated heterocycles. The van der Waals surface area contributed by atoms with Gasteiger partial charge in [0.15, 0.2) is 5.75 Å². The van der Waals surface area contributed by atoms with E-state index in [1.54, 1.807) is 0 Å². The van der Waals surface area contributed by atoms with Gasteiger partial charge < -0.3 is 10.1 Å². The van der Waals surface area contributed by atoms with Gasteiger partial charge in [0.05, 0.1) is 5.69 Å². The van der Waals surface area contributed by atoms with E-state index in [2.05, 4.69) is 41.2 Å². The molecule has 2 aromatic rings. The normalized spacial score (nSPS) is 10.6. The van der Waals surface area contributed by atoms with Crippen LogP contribution in [0.2, 0.25) is 0 Å². The molecule has 19 heavy (non-hydrogen) atoms. The Labute approximate surface area is 122 Å². The fraction of sp³-hybridized carbons (Fsp3) is 0.250. The van der Waals surface area contributed by atoms with Gasteiger partial charge in [-0.05, 0) is 45.6 Å². The summed E-state index contributed by atoms with van der Waals surface area (Å²) in [6.45, 7) is 4.34. The zero-order valence-electron chi connectivity index (χ0n) is 11.4. The van der Waals surface area contributed by atoms with Crippen molar-refractivity contribution in [2.75, 3.05) is 12.4 Å². The third-order valence-electron chi connectivity index (χ3n) is 2.99. The minimum atomic E-state index is 0.432. The van der Waals surface area contributed by atoms with Crippen molar-refractivity contribution >= 4 is 21.6 Å². The van der Waals surface area contributed by atoms with E-state index in [1.165, 1.54) is 5.56 Å². The summed E-state index contributed by atoms with van der Waals surface area (Å²) in [5.41, 5.74) is 2.17. The Morgan fingerprint density at radius 3 is 2.37 bits per heavy atom. The highest BCUT2D eigenvalue weighted by Crippen LogP contribution is 2.37. The molecule has 0 aliphatic rings. The maximum atomic E-state index is 6.08. The zero-order valence-corrected chi connectivity index (χ0v) is 13.0. The molecule has 0 bridgehead atoms. The Morgan fingerprint density at radius 2 is 1.68 bits per heavy atom. The highest BCUT2D eigenvalue weighted by molar-refractivity contribution is 9.10. The van der Waals surface area contributed by atoms with Crippen LogP contribution < -0.4 is 10.1 Å². The topological polar surface area (TPSA) is 21.3 Å². The van der Waals surface area contributed by atoms with Crippen LogP contribution in [0.15, 0.2) is 46.9 Å². The number of ether oxygens (including phenoxy) is 1. The van der Waals surface area contributed by atoms with Gasteiger partial charge in [-0.2, -0.15) is 0 Å². The summed E-state index contributed by atoms with van der Waals surface area (Å²) < 4.78 is 7.08. The highest BCUT2D eigenvalue weighted by Gasteiger charge is 2.11. The second-order valence-electron chi connectivity index (χ2n) is 4.66. The van der Waals surface area contributed by atoms with Crippen LogP contribution in [0.4, 0.5) is 5.69 Å². The first-order valence-electron chi connectivity index (χ1n) is 6.36. The number of rotatable bonds is 4. The van der Waals surface area contributed by atoms with Gasteiger partial charge in [-0.15, -0.1) is 0 Å². The van der Waals surface area contributed by atoms with E-state index in [0.29, 0.717) is 5.92 Å². The number of hydrogen-bond donors (Lipinski definition) is 1. The average Bonchev–Trinajstić information content (AvgIpc) is 2.39. The van der Waals surface area contributed by atoms with Crippen LogP contribution in [0, 0.1) is 0 Å². The first-order chi connectivity index (χ1) is 9.13. The van der Waals surface area contributed by atoms with Crippen molar-refractivity contribution in [3.05, 3.63) is 52.5 Å². The van der Waals surface area contributed by atoms with Crippen molar-refractivity contribution in [3.63, 3.8) is 0 Å². The monoisotopic (exact) mass is 319 g/mol. The summed E-state index contributed by atoms with van der Waals surface area (Å²) in [7, 11) is 1.89. The maximum absolute atomic E-state index is 6.08. The molecule has 0 unspecified atom stereocenters. The van der Waals surface area contributed by atoms with Gasteiger partial charge in [0.2, 0.25) is 0 Å². The number of para-hydroxylation sites is 2. The van der Waals surface area contributed by atoms with E-state index in [-0.39, 0.29) is 0 Å². The van der Waals surface area contributed by atoms with Crippen LogP contribution in [0.25, 0.3) is 0 Å². The Hall–Kier alpha value is -1.48.